The van der Waals surface area contributed by atoms with Gasteiger partial charge >= 0.3 is 0 Å². The molecular weight excluding hydrogens is 526 g/mol. The highest BCUT2D eigenvalue weighted by Gasteiger charge is 2.04. The van der Waals surface area contributed by atoms with E-state index in [0.29, 0.717) is 0 Å². The van der Waals surface area contributed by atoms with E-state index in [1.54, 1.807) is 6.21 Å². The smallest absolute Gasteiger partial charge is 0.203 e. The van der Waals surface area contributed by atoms with Crippen molar-refractivity contribution in [3.05, 3.63) is 63.9 Å². The SMILES string of the molecule is Br.CCCCCCCOc1ccccc1C=NNc1nc(-c2ccc(Br)cc2)cs1. The highest BCUT2D eigenvalue weighted by molar-refractivity contribution is 9.10. The molecule has 1 heterocycles. The predicted molar refractivity (Wildman–Crippen MR) is 137 cm³/mol. The zero-order chi connectivity index (χ0) is 20.3. The average Bonchev–Trinajstić information content (AvgIpc) is 3.21. The average molecular weight is 553 g/mol. The van der Waals surface area contributed by atoms with E-state index in [1.807, 2.05) is 53.9 Å². The molecule has 0 fully saturated rings. The molecule has 7 heteroatoms. The van der Waals surface area contributed by atoms with Gasteiger partial charge in [-0.25, -0.2) is 4.98 Å². The number of rotatable bonds is 11. The summed E-state index contributed by atoms with van der Waals surface area (Å²) in [4.78, 5) is 4.60. The van der Waals surface area contributed by atoms with Crippen molar-refractivity contribution in [3.8, 4) is 17.0 Å². The van der Waals surface area contributed by atoms with Gasteiger partial charge in [-0.15, -0.1) is 28.3 Å². The van der Waals surface area contributed by atoms with Crippen LogP contribution in [0.25, 0.3) is 11.3 Å². The van der Waals surface area contributed by atoms with Gasteiger partial charge in [0.05, 0.1) is 18.5 Å². The van der Waals surface area contributed by atoms with Crippen LogP contribution in [0.5, 0.6) is 5.75 Å². The summed E-state index contributed by atoms with van der Waals surface area (Å²) in [6.07, 6.45) is 7.93. The monoisotopic (exact) mass is 551 g/mol. The third-order valence-electron chi connectivity index (χ3n) is 4.43. The molecule has 0 saturated carbocycles. The maximum Gasteiger partial charge on any atom is 0.203 e. The summed E-state index contributed by atoms with van der Waals surface area (Å²) in [6.45, 7) is 2.97. The Labute approximate surface area is 201 Å². The van der Waals surface area contributed by atoms with Gasteiger partial charge in [-0.05, 0) is 30.7 Å². The van der Waals surface area contributed by atoms with Crippen LogP contribution in [0.1, 0.15) is 44.6 Å². The molecule has 0 atom stereocenters. The van der Waals surface area contributed by atoms with E-state index in [4.69, 9.17) is 4.74 Å². The molecule has 0 aliphatic heterocycles. The van der Waals surface area contributed by atoms with Crippen molar-refractivity contribution in [1.82, 2.24) is 4.98 Å². The third kappa shape index (κ3) is 7.85. The Bertz CT molecular complexity index is 913. The topological polar surface area (TPSA) is 46.5 Å². The van der Waals surface area contributed by atoms with Crippen LogP contribution in [0.3, 0.4) is 0 Å². The first-order chi connectivity index (χ1) is 14.3. The van der Waals surface area contributed by atoms with Gasteiger partial charge in [0.25, 0.3) is 0 Å². The molecule has 0 radical (unpaired) electrons. The van der Waals surface area contributed by atoms with Crippen molar-refractivity contribution in [1.29, 1.82) is 0 Å². The fourth-order valence-electron chi connectivity index (χ4n) is 2.84. The fraction of sp³-hybridized carbons (Fsp3) is 0.304. The van der Waals surface area contributed by atoms with Gasteiger partial charge in [0.15, 0.2) is 0 Å². The van der Waals surface area contributed by atoms with Crippen LogP contribution in [0.15, 0.2) is 63.5 Å². The number of anilines is 1. The summed E-state index contributed by atoms with van der Waals surface area (Å²) in [5.74, 6) is 0.864. The van der Waals surface area contributed by atoms with E-state index < -0.39 is 0 Å². The van der Waals surface area contributed by atoms with E-state index in [2.05, 4.69) is 38.4 Å². The quantitative estimate of drug-likeness (QED) is 0.149. The maximum absolute atomic E-state index is 5.96. The number of aromatic nitrogens is 1. The minimum absolute atomic E-state index is 0. The van der Waals surface area contributed by atoms with Gasteiger partial charge in [-0.2, -0.15) is 5.10 Å². The molecule has 0 aliphatic rings. The molecular formula is C23H27Br2N3OS. The number of para-hydroxylation sites is 1. The lowest BCUT2D eigenvalue weighted by molar-refractivity contribution is 0.304. The predicted octanol–water partition coefficient (Wildman–Crippen LogP) is 7.95. The number of hydrogen-bond donors (Lipinski definition) is 1. The van der Waals surface area contributed by atoms with Gasteiger partial charge in [-0.1, -0.05) is 72.8 Å². The fourth-order valence-corrected chi connectivity index (χ4v) is 3.77. The molecule has 0 spiro atoms. The molecule has 0 unspecified atom stereocenters. The molecule has 0 saturated heterocycles. The Morgan fingerprint density at radius 2 is 1.83 bits per heavy atom. The van der Waals surface area contributed by atoms with Crippen LogP contribution < -0.4 is 10.2 Å². The first-order valence-electron chi connectivity index (χ1n) is 9.98. The lowest BCUT2D eigenvalue weighted by Gasteiger charge is -2.08. The van der Waals surface area contributed by atoms with Crippen LogP contribution >= 0.6 is 44.2 Å². The van der Waals surface area contributed by atoms with Crippen LogP contribution in [-0.2, 0) is 0 Å². The Balaban J connectivity index is 0.00000320. The van der Waals surface area contributed by atoms with E-state index in [1.165, 1.54) is 37.0 Å². The third-order valence-corrected chi connectivity index (χ3v) is 5.71. The van der Waals surface area contributed by atoms with Gasteiger partial charge in [0.2, 0.25) is 5.13 Å². The molecule has 0 bridgehead atoms. The second-order valence-electron chi connectivity index (χ2n) is 6.72. The highest BCUT2D eigenvalue weighted by Crippen LogP contribution is 2.26. The normalized spacial score (nSPS) is 10.7. The molecule has 0 amide bonds. The van der Waals surface area contributed by atoms with Crippen molar-refractivity contribution < 1.29 is 4.74 Å². The van der Waals surface area contributed by atoms with Crippen LogP contribution in [0.2, 0.25) is 0 Å². The van der Waals surface area contributed by atoms with Gasteiger partial charge in [0.1, 0.15) is 5.75 Å². The Morgan fingerprint density at radius 1 is 1.07 bits per heavy atom. The van der Waals surface area contributed by atoms with Crippen molar-refractivity contribution in [2.45, 2.75) is 39.0 Å². The van der Waals surface area contributed by atoms with E-state index in [0.717, 1.165) is 45.2 Å². The van der Waals surface area contributed by atoms with Crippen molar-refractivity contribution in [2.75, 3.05) is 12.0 Å². The Kier molecular flexibility index (Phi) is 11.1. The summed E-state index contributed by atoms with van der Waals surface area (Å²) < 4.78 is 7.01. The van der Waals surface area contributed by atoms with Crippen molar-refractivity contribution in [3.63, 3.8) is 0 Å². The second kappa shape index (κ2) is 13.6. The lowest BCUT2D eigenvalue weighted by atomic mass is 10.2. The number of nitrogens with one attached hydrogen (secondary N) is 1. The molecule has 3 rings (SSSR count). The molecule has 2 aromatic carbocycles. The van der Waals surface area contributed by atoms with Crippen LogP contribution in [-0.4, -0.2) is 17.8 Å². The van der Waals surface area contributed by atoms with Gasteiger partial charge in [-0.3, -0.25) is 5.43 Å². The lowest BCUT2D eigenvalue weighted by Crippen LogP contribution is -2.00. The summed E-state index contributed by atoms with van der Waals surface area (Å²) >= 11 is 4.99. The number of hydrazone groups is 1. The summed E-state index contributed by atoms with van der Waals surface area (Å²) in [5, 5.41) is 7.13. The molecule has 160 valence electrons. The molecule has 30 heavy (non-hydrogen) atoms. The van der Waals surface area contributed by atoms with Crippen LogP contribution in [0.4, 0.5) is 5.13 Å². The highest BCUT2D eigenvalue weighted by atomic mass is 79.9. The summed E-state index contributed by atoms with van der Waals surface area (Å²) in [7, 11) is 0. The van der Waals surface area contributed by atoms with Gasteiger partial charge in [0, 0.05) is 21.0 Å². The van der Waals surface area contributed by atoms with Crippen molar-refractivity contribution in [2.24, 2.45) is 5.10 Å². The first-order valence-corrected chi connectivity index (χ1v) is 11.7. The summed E-state index contributed by atoms with van der Waals surface area (Å²) in [6, 6.07) is 16.1. The number of nitrogens with zero attached hydrogens (tertiary/aromatic N) is 2. The molecule has 1 aromatic heterocycles. The zero-order valence-corrected chi connectivity index (χ0v) is 21.1. The molecule has 0 aliphatic carbocycles. The van der Waals surface area contributed by atoms with Crippen molar-refractivity contribution >= 4 is 55.6 Å². The molecule has 3 aromatic rings. The van der Waals surface area contributed by atoms with E-state index >= 15 is 0 Å². The Hall–Kier alpha value is -1.70. The molecule has 1 N–H and O–H groups in total. The number of thiazole rings is 1. The summed E-state index contributed by atoms with van der Waals surface area (Å²) in [5.41, 5.74) is 6.00. The number of hydrogen-bond acceptors (Lipinski definition) is 5. The first kappa shape index (κ1) is 24.6. The minimum Gasteiger partial charge on any atom is -0.493 e. The maximum atomic E-state index is 5.96. The number of halogens is 2. The zero-order valence-electron chi connectivity index (χ0n) is 17.0. The standard InChI is InChI=1S/C23H26BrN3OS.BrH/c1-2-3-4-5-8-15-28-22-10-7-6-9-19(22)16-25-27-23-26-21(17-29-23)18-11-13-20(24)14-12-18;/h6-7,9-14,16-17H,2-5,8,15H2,1H3,(H,26,27);1H. The Morgan fingerprint density at radius 3 is 2.63 bits per heavy atom. The van der Waals surface area contributed by atoms with Gasteiger partial charge < -0.3 is 4.74 Å². The van der Waals surface area contributed by atoms with E-state index in [9.17, 15) is 0 Å². The molecule has 4 nitrogen and oxygen atoms in total. The number of benzene rings is 2. The van der Waals surface area contributed by atoms with E-state index in [-0.39, 0.29) is 17.0 Å². The number of unbranched alkanes of at least 4 members (excludes halogenated alkanes) is 4. The van der Waals surface area contributed by atoms with Crippen LogP contribution in [0, 0.1) is 0 Å². The largest absolute Gasteiger partial charge is 0.493 e. The number of ether oxygens (including phenoxy) is 1. The minimum atomic E-state index is 0. The second-order valence-corrected chi connectivity index (χ2v) is 8.49.